The maximum atomic E-state index is 12.1. The highest BCUT2D eigenvalue weighted by atomic mass is 32.2. The van der Waals surface area contributed by atoms with Gasteiger partial charge in [0, 0.05) is 16.8 Å². The minimum atomic E-state index is -1.10. The molecular weight excluding hydrogens is 270 g/mol. The molecule has 0 radical (unpaired) electrons. The van der Waals surface area contributed by atoms with E-state index in [4.69, 9.17) is 0 Å². The van der Waals surface area contributed by atoms with Crippen LogP contribution in [0.1, 0.15) is 58.7 Å². The van der Waals surface area contributed by atoms with Crippen LogP contribution < -0.4 is 4.72 Å². The van der Waals surface area contributed by atoms with Crippen molar-refractivity contribution in [2.75, 3.05) is 6.61 Å². The maximum absolute atomic E-state index is 12.1. The third kappa shape index (κ3) is 4.48. The summed E-state index contributed by atoms with van der Waals surface area (Å²) in [5, 5.41) is 9.46. The Morgan fingerprint density at radius 1 is 1.25 bits per heavy atom. The largest absolute Gasteiger partial charge is 0.598 e. The summed E-state index contributed by atoms with van der Waals surface area (Å²) in [5.74, 6) is 0. The Balaban J connectivity index is 2.90. The lowest BCUT2D eigenvalue weighted by Crippen LogP contribution is -2.40. The van der Waals surface area contributed by atoms with Gasteiger partial charge in [-0.1, -0.05) is 38.1 Å². The summed E-state index contributed by atoms with van der Waals surface area (Å²) in [6.07, 6.45) is 0. The number of aliphatic hydroxyl groups is 1. The fourth-order valence-corrected chi connectivity index (χ4v) is 2.54. The van der Waals surface area contributed by atoms with E-state index in [2.05, 4.69) is 10.8 Å². The lowest BCUT2D eigenvalue weighted by atomic mass is 9.84. The third-order valence-electron chi connectivity index (χ3n) is 3.40. The maximum Gasteiger partial charge on any atom is 0.136 e. The minimum Gasteiger partial charge on any atom is -0.598 e. The van der Waals surface area contributed by atoms with Crippen molar-refractivity contribution in [2.45, 2.75) is 57.7 Å². The van der Waals surface area contributed by atoms with E-state index in [0.29, 0.717) is 0 Å². The molecule has 2 atom stereocenters. The van der Waals surface area contributed by atoms with Crippen molar-refractivity contribution in [3.63, 3.8) is 0 Å². The molecular formula is C16H27NO2S. The predicted molar refractivity (Wildman–Crippen MR) is 86.0 cm³/mol. The van der Waals surface area contributed by atoms with Gasteiger partial charge in [-0.2, -0.15) is 0 Å². The van der Waals surface area contributed by atoms with Gasteiger partial charge in [0.05, 0.1) is 12.6 Å². The van der Waals surface area contributed by atoms with Crippen molar-refractivity contribution in [1.29, 1.82) is 0 Å². The SMILES string of the molecule is C[C@H](N[S@+]([O-])C(C)(C)C)c1cccc(C(C)(C)CO)c1. The Bertz CT molecular complexity index is 440. The number of hydrogen-bond donors (Lipinski definition) is 2. The third-order valence-corrected chi connectivity index (χ3v) is 5.08. The highest BCUT2D eigenvalue weighted by Crippen LogP contribution is 2.26. The molecule has 0 saturated heterocycles. The van der Waals surface area contributed by atoms with E-state index < -0.39 is 11.4 Å². The second-order valence-corrected chi connectivity index (χ2v) is 8.89. The molecule has 0 aliphatic heterocycles. The van der Waals surface area contributed by atoms with E-state index in [9.17, 15) is 9.66 Å². The second kappa shape index (κ2) is 6.48. The lowest BCUT2D eigenvalue weighted by molar-refractivity contribution is 0.218. The molecule has 1 aromatic rings. The molecule has 0 saturated carbocycles. The van der Waals surface area contributed by atoms with Crippen LogP contribution in [0.25, 0.3) is 0 Å². The van der Waals surface area contributed by atoms with Crippen LogP contribution in [0.5, 0.6) is 0 Å². The fourth-order valence-electron chi connectivity index (χ4n) is 1.73. The molecule has 0 heterocycles. The highest BCUT2D eigenvalue weighted by Gasteiger charge is 2.28. The van der Waals surface area contributed by atoms with Crippen LogP contribution in [-0.4, -0.2) is 21.0 Å². The van der Waals surface area contributed by atoms with Gasteiger partial charge in [0.1, 0.15) is 4.75 Å². The van der Waals surface area contributed by atoms with Crippen LogP contribution in [0.3, 0.4) is 0 Å². The quantitative estimate of drug-likeness (QED) is 0.821. The first-order valence-electron chi connectivity index (χ1n) is 6.97. The summed E-state index contributed by atoms with van der Waals surface area (Å²) in [4.78, 5) is 0. The molecule has 3 nitrogen and oxygen atoms in total. The summed E-state index contributed by atoms with van der Waals surface area (Å²) in [7, 11) is 0. The van der Waals surface area contributed by atoms with E-state index >= 15 is 0 Å². The van der Waals surface area contributed by atoms with Crippen molar-refractivity contribution in [2.24, 2.45) is 0 Å². The second-order valence-electron chi connectivity index (χ2n) is 6.89. The van der Waals surface area contributed by atoms with E-state index in [-0.39, 0.29) is 22.8 Å². The van der Waals surface area contributed by atoms with E-state index in [1.54, 1.807) is 0 Å². The Morgan fingerprint density at radius 3 is 2.35 bits per heavy atom. The fraction of sp³-hybridized carbons (Fsp3) is 0.625. The van der Waals surface area contributed by atoms with E-state index in [1.165, 1.54) is 0 Å². The van der Waals surface area contributed by atoms with Gasteiger partial charge in [0.25, 0.3) is 0 Å². The van der Waals surface area contributed by atoms with Crippen molar-refractivity contribution < 1.29 is 9.66 Å². The summed E-state index contributed by atoms with van der Waals surface area (Å²) < 4.78 is 15.0. The lowest BCUT2D eigenvalue weighted by Gasteiger charge is -2.28. The first-order chi connectivity index (χ1) is 9.08. The standard InChI is InChI=1S/C16H27NO2S/c1-12(17-20(19)15(2,3)4)13-8-7-9-14(10-13)16(5,6)11-18/h7-10,12,17-18H,11H2,1-6H3/t12-,20+/m0/s1. The van der Waals surface area contributed by atoms with E-state index in [1.807, 2.05) is 59.7 Å². The topological polar surface area (TPSA) is 55.3 Å². The van der Waals surface area contributed by atoms with Gasteiger partial charge >= 0.3 is 0 Å². The molecule has 0 aliphatic carbocycles. The monoisotopic (exact) mass is 297 g/mol. The summed E-state index contributed by atoms with van der Waals surface area (Å²) in [6.45, 7) is 12.0. The van der Waals surface area contributed by atoms with E-state index in [0.717, 1.165) is 11.1 Å². The smallest absolute Gasteiger partial charge is 0.136 e. The molecule has 1 aromatic carbocycles. The van der Waals surface area contributed by atoms with Crippen molar-refractivity contribution in [3.05, 3.63) is 35.4 Å². The molecule has 1 rings (SSSR count). The van der Waals surface area contributed by atoms with Crippen LogP contribution >= 0.6 is 0 Å². The van der Waals surface area contributed by atoms with Crippen LogP contribution in [0.15, 0.2) is 24.3 Å². The van der Waals surface area contributed by atoms with Gasteiger partial charge in [0.2, 0.25) is 0 Å². The molecule has 0 aliphatic rings. The van der Waals surface area contributed by atoms with Gasteiger partial charge in [-0.25, -0.2) is 0 Å². The molecule has 0 fully saturated rings. The molecule has 114 valence electrons. The van der Waals surface area contributed by atoms with Gasteiger partial charge in [-0.15, -0.1) is 4.72 Å². The number of aliphatic hydroxyl groups excluding tert-OH is 1. The highest BCUT2D eigenvalue weighted by molar-refractivity contribution is 7.90. The molecule has 0 amide bonds. The predicted octanol–water partition coefficient (Wildman–Crippen LogP) is 3.07. The number of hydrogen-bond acceptors (Lipinski definition) is 3. The zero-order valence-corrected chi connectivity index (χ0v) is 14.2. The molecule has 0 unspecified atom stereocenters. The average molecular weight is 297 g/mol. The van der Waals surface area contributed by atoms with Crippen LogP contribution in [0, 0.1) is 0 Å². The summed E-state index contributed by atoms with van der Waals surface area (Å²) in [6, 6.07) is 8.11. The van der Waals surface area contributed by atoms with Crippen molar-refractivity contribution in [3.8, 4) is 0 Å². The Labute approximate surface area is 126 Å². The van der Waals surface area contributed by atoms with Gasteiger partial charge in [-0.3, -0.25) is 0 Å². The molecule has 20 heavy (non-hydrogen) atoms. The summed E-state index contributed by atoms with van der Waals surface area (Å²) >= 11 is -1.10. The number of benzene rings is 1. The van der Waals surface area contributed by atoms with Crippen LogP contribution in [0.2, 0.25) is 0 Å². The molecule has 4 heteroatoms. The first kappa shape index (κ1) is 17.5. The normalized spacial score (nSPS) is 16.0. The van der Waals surface area contributed by atoms with Crippen molar-refractivity contribution in [1.82, 2.24) is 4.72 Å². The zero-order valence-electron chi connectivity index (χ0n) is 13.4. The van der Waals surface area contributed by atoms with Crippen LogP contribution in [0.4, 0.5) is 0 Å². The van der Waals surface area contributed by atoms with Crippen LogP contribution in [-0.2, 0) is 16.8 Å². The molecule has 0 spiro atoms. The number of rotatable bonds is 5. The Morgan fingerprint density at radius 2 is 1.85 bits per heavy atom. The van der Waals surface area contributed by atoms with Gasteiger partial charge in [0.15, 0.2) is 0 Å². The summed E-state index contributed by atoms with van der Waals surface area (Å²) in [5.41, 5.74) is 1.91. The number of nitrogens with one attached hydrogen (secondary N) is 1. The molecule has 2 N–H and O–H groups in total. The Hall–Kier alpha value is -0.550. The average Bonchev–Trinajstić information content (AvgIpc) is 2.37. The van der Waals surface area contributed by atoms with Crippen molar-refractivity contribution >= 4 is 11.4 Å². The minimum absolute atomic E-state index is 0.00417. The van der Waals surface area contributed by atoms with Gasteiger partial charge < -0.3 is 9.66 Å². The molecule has 0 aromatic heterocycles. The van der Waals surface area contributed by atoms with Gasteiger partial charge in [-0.05, 0) is 38.8 Å². The molecule has 0 bridgehead atoms. The first-order valence-corrected chi connectivity index (χ1v) is 8.12. The Kier molecular flexibility index (Phi) is 5.67. The zero-order chi connectivity index (χ0) is 15.6.